The Morgan fingerprint density at radius 1 is 1.32 bits per heavy atom. The number of para-hydroxylation sites is 2. The van der Waals surface area contributed by atoms with Gasteiger partial charge in [0.25, 0.3) is 15.9 Å². The molecule has 1 atom stereocenters. The molecule has 0 saturated carbocycles. The van der Waals surface area contributed by atoms with Crippen molar-refractivity contribution in [3.63, 3.8) is 0 Å². The number of carbonyl (C=O) groups is 1. The molecule has 9 heteroatoms. The highest BCUT2D eigenvalue weighted by Gasteiger charge is 2.24. The molecule has 0 fully saturated rings. The number of nitrogens with zero attached hydrogens (tertiary/aromatic N) is 2. The number of aromatic nitrogens is 2. The summed E-state index contributed by atoms with van der Waals surface area (Å²) in [6.07, 6.45) is 1.12. The van der Waals surface area contributed by atoms with Gasteiger partial charge in [0.2, 0.25) is 5.09 Å². The maximum Gasteiger partial charge on any atom is 0.275 e. The molecule has 2 heterocycles. The van der Waals surface area contributed by atoms with Crippen LogP contribution in [0.2, 0.25) is 0 Å². The third-order valence-electron chi connectivity index (χ3n) is 3.74. The van der Waals surface area contributed by atoms with Gasteiger partial charge in [-0.1, -0.05) is 12.1 Å². The van der Waals surface area contributed by atoms with Crippen LogP contribution in [-0.2, 0) is 10.0 Å². The highest BCUT2D eigenvalue weighted by atomic mass is 32.2. The van der Waals surface area contributed by atoms with Crippen molar-refractivity contribution in [2.45, 2.75) is 18.1 Å². The van der Waals surface area contributed by atoms with Crippen LogP contribution in [0.15, 0.2) is 46.1 Å². The summed E-state index contributed by atoms with van der Waals surface area (Å²) in [4.78, 5) is 19.9. The first-order valence-corrected chi connectivity index (χ1v) is 8.99. The Morgan fingerprint density at radius 3 is 2.72 bits per heavy atom. The van der Waals surface area contributed by atoms with Crippen LogP contribution < -0.4 is 5.32 Å². The molecule has 25 heavy (non-hydrogen) atoms. The molecule has 0 aliphatic carbocycles. The van der Waals surface area contributed by atoms with Crippen LogP contribution >= 0.6 is 0 Å². The van der Waals surface area contributed by atoms with Crippen molar-refractivity contribution in [3.8, 4) is 0 Å². The number of amides is 1. The third-order valence-corrected chi connectivity index (χ3v) is 5.42. The van der Waals surface area contributed by atoms with Crippen LogP contribution in [0.1, 0.15) is 29.1 Å². The molecular formula is C16H18N4O4S. The summed E-state index contributed by atoms with van der Waals surface area (Å²) in [7, 11) is -0.939. The van der Waals surface area contributed by atoms with Gasteiger partial charge in [-0.3, -0.25) is 4.79 Å². The van der Waals surface area contributed by atoms with Gasteiger partial charge in [0.05, 0.1) is 22.6 Å². The standard InChI is InChI=1S/C16H18N4O4S/c1-10(15-18-12-6-4-5-7-13(12)19-15)17-16(21)11-8-14(24-9-11)25(22,23)20(2)3/h4-10H,1-3H3,(H,17,21)(H,18,19). The Labute approximate surface area is 144 Å². The normalized spacial score (nSPS) is 13.3. The number of aromatic amines is 1. The smallest absolute Gasteiger partial charge is 0.275 e. The van der Waals surface area contributed by atoms with E-state index >= 15 is 0 Å². The Hall–Kier alpha value is -2.65. The molecule has 1 amide bonds. The number of nitrogens with one attached hydrogen (secondary N) is 2. The van der Waals surface area contributed by atoms with Crippen molar-refractivity contribution in [2.24, 2.45) is 0 Å². The molecule has 1 aromatic carbocycles. The number of fused-ring (bicyclic) bond motifs is 1. The van der Waals surface area contributed by atoms with E-state index in [0.717, 1.165) is 21.6 Å². The summed E-state index contributed by atoms with van der Waals surface area (Å²) in [5.41, 5.74) is 1.81. The van der Waals surface area contributed by atoms with Gasteiger partial charge >= 0.3 is 0 Å². The third kappa shape index (κ3) is 3.28. The van der Waals surface area contributed by atoms with Crippen LogP contribution in [0.3, 0.4) is 0 Å². The van der Waals surface area contributed by atoms with E-state index in [-0.39, 0.29) is 16.7 Å². The van der Waals surface area contributed by atoms with Gasteiger partial charge in [-0.25, -0.2) is 17.7 Å². The van der Waals surface area contributed by atoms with Crippen molar-refractivity contribution in [1.82, 2.24) is 19.6 Å². The molecule has 0 bridgehead atoms. The number of imidazole rings is 1. The fraction of sp³-hybridized carbons (Fsp3) is 0.250. The predicted octanol–water partition coefficient (Wildman–Crippen LogP) is 1.90. The Morgan fingerprint density at radius 2 is 2.04 bits per heavy atom. The number of benzene rings is 1. The minimum atomic E-state index is -3.72. The lowest BCUT2D eigenvalue weighted by Crippen LogP contribution is -2.27. The number of sulfonamides is 1. The molecule has 132 valence electrons. The summed E-state index contributed by atoms with van der Waals surface area (Å²) < 4.78 is 30.0. The summed E-state index contributed by atoms with van der Waals surface area (Å²) in [6.45, 7) is 1.78. The van der Waals surface area contributed by atoms with Crippen molar-refractivity contribution < 1.29 is 17.6 Å². The van der Waals surface area contributed by atoms with Crippen molar-refractivity contribution in [3.05, 3.63) is 48.0 Å². The molecule has 2 aromatic heterocycles. The van der Waals surface area contributed by atoms with E-state index in [2.05, 4.69) is 15.3 Å². The number of carbonyl (C=O) groups excluding carboxylic acids is 1. The van der Waals surface area contributed by atoms with Gasteiger partial charge in [-0.05, 0) is 19.1 Å². The van der Waals surface area contributed by atoms with E-state index in [1.165, 1.54) is 20.2 Å². The summed E-state index contributed by atoms with van der Waals surface area (Å²) >= 11 is 0. The van der Waals surface area contributed by atoms with E-state index in [1.54, 1.807) is 6.92 Å². The van der Waals surface area contributed by atoms with Crippen molar-refractivity contribution in [2.75, 3.05) is 14.1 Å². The maximum atomic E-state index is 12.3. The fourth-order valence-electron chi connectivity index (χ4n) is 2.28. The van der Waals surface area contributed by atoms with Gasteiger partial charge in [-0.2, -0.15) is 0 Å². The maximum absolute atomic E-state index is 12.3. The number of hydrogen-bond acceptors (Lipinski definition) is 5. The predicted molar refractivity (Wildman–Crippen MR) is 91.6 cm³/mol. The molecule has 0 radical (unpaired) electrons. The average Bonchev–Trinajstić information content (AvgIpc) is 3.21. The van der Waals surface area contributed by atoms with Crippen molar-refractivity contribution in [1.29, 1.82) is 0 Å². The van der Waals surface area contributed by atoms with Crippen LogP contribution in [0.5, 0.6) is 0 Å². The monoisotopic (exact) mass is 362 g/mol. The average molecular weight is 362 g/mol. The van der Waals surface area contributed by atoms with E-state index < -0.39 is 15.9 Å². The number of hydrogen-bond donors (Lipinski definition) is 2. The topological polar surface area (TPSA) is 108 Å². The van der Waals surface area contributed by atoms with E-state index in [4.69, 9.17) is 4.42 Å². The number of rotatable bonds is 5. The van der Waals surface area contributed by atoms with Gasteiger partial charge in [0, 0.05) is 20.2 Å². The van der Waals surface area contributed by atoms with Crippen molar-refractivity contribution >= 4 is 27.0 Å². The van der Waals surface area contributed by atoms with E-state index in [1.807, 2.05) is 24.3 Å². The highest BCUT2D eigenvalue weighted by Crippen LogP contribution is 2.19. The lowest BCUT2D eigenvalue weighted by atomic mass is 10.2. The zero-order valence-electron chi connectivity index (χ0n) is 14.0. The van der Waals surface area contributed by atoms with Crippen LogP contribution in [0, 0.1) is 0 Å². The zero-order valence-corrected chi connectivity index (χ0v) is 14.8. The molecule has 3 aromatic rings. The summed E-state index contributed by atoms with van der Waals surface area (Å²) in [5.74, 6) is 0.163. The second kappa shape index (κ2) is 6.34. The molecule has 3 rings (SSSR count). The second-order valence-electron chi connectivity index (χ2n) is 5.78. The highest BCUT2D eigenvalue weighted by molar-refractivity contribution is 7.88. The molecule has 0 aliphatic rings. The van der Waals surface area contributed by atoms with Gasteiger partial charge in [-0.15, -0.1) is 0 Å². The summed E-state index contributed by atoms with van der Waals surface area (Å²) in [6, 6.07) is 8.37. The SMILES string of the molecule is CC(NC(=O)c1coc(S(=O)(=O)N(C)C)c1)c1nc2ccccc2[nH]1. The van der Waals surface area contributed by atoms with E-state index in [9.17, 15) is 13.2 Å². The zero-order chi connectivity index (χ0) is 18.2. The molecule has 2 N–H and O–H groups in total. The quantitative estimate of drug-likeness (QED) is 0.720. The van der Waals surface area contributed by atoms with E-state index in [0.29, 0.717) is 5.82 Å². The van der Waals surface area contributed by atoms with Crippen LogP contribution in [0.25, 0.3) is 11.0 Å². The molecule has 0 spiro atoms. The first kappa shape index (κ1) is 17.2. The Bertz CT molecular complexity index is 987. The lowest BCUT2D eigenvalue weighted by Gasteiger charge is -2.10. The Balaban J connectivity index is 1.77. The first-order valence-electron chi connectivity index (χ1n) is 7.55. The number of H-pyrrole nitrogens is 1. The number of furan rings is 1. The molecular weight excluding hydrogens is 344 g/mol. The Kier molecular flexibility index (Phi) is 4.36. The molecule has 8 nitrogen and oxygen atoms in total. The lowest BCUT2D eigenvalue weighted by molar-refractivity contribution is 0.0938. The van der Waals surface area contributed by atoms with Gasteiger partial charge < -0.3 is 14.7 Å². The second-order valence-corrected chi connectivity index (χ2v) is 7.86. The first-order chi connectivity index (χ1) is 11.8. The van der Waals surface area contributed by atoms with Gasteiger partial charge in [0.15, 0.2) is 0 Å². The minimum Gasteiger partial charge on any atom is -0.451 e. The molecule has 0 saturated heterocycles. The van der Waals surface area contributed by atoms with Crippen LogP contribution in [-0.4, -0.2) is 42.7 Å². The molecule has 0 aliphatic heterocycles. The fourth-order valence-corrected chi connectivity index (χ4v) is 3.08. The largest absolute Gasteiger partial charge is 0.451 e. The summed E-state index contributed by atoms with van der Waals surface area (Å²) in [5, 5.41) is 2.49. The van der Waals surface area contributed by atoms with Crippen LogP contribution in [0.4, 0.5) is 0 Å². The minimum absolute atomic E-state index is 0.128. The molecule has 1 unspecified atom stereocenters. The van der Waals surface area contributed by atoms with Gasteiger partial charge in [0.1, 0.15) is 12.1 Å².